The van der Waals surface area contributed by atoms with Crippen LogP contribution in [0.4, 0.5) is 17.3 Å². The minimum Gasteiger partial charge on any atom is -0.461 e. The standard InChI is InChI=1S/C27H30ClN5O3/c1-4-36-27(34)22-16-21(18-5-7-20(8-6-18)33-11-13-35-14-12-33)24(25(29)17(2)3)26(31-22)32-23-15-19(28)9-10-30-23/h5-10,15-17,29H,4,11-14H2,1-3H3,(H,30,31,32). The summed E-state index contributed by atoms with van der Waals surface area (Å²) in [5.41, 5.74) is 3.80. The minimum absolute atomic E-state index is 0.0838. The highest BCUT2D eigenvalue weighted by atomic mass is 35.5. The monoisotopic (exact) mass is 507 g/mol. The topological polar surface area (TPSA) is 100 Å². The van der Waals surface area contributed by atoms with Crippen LogP contribution in [0.5, 0.6) is 0 Å². The Morgan fingerprint density at radius 3 is 2.56 bits per heavy atom. The number of carbonyl (C=O) groups is 1. The van der Waals surface area contributed by atoms with Gasteiger partial charge in [0, 0.05) is 41.3 Å². The Morgan fingerprint density at radius 1 is 1.19 bits per heavy atom. The van der Waals surface area contributed by atoms with E-state index in [1.54, 1.807) is 31.3 Å². The van der Waals surface area contributed by atoms with Gasteiger partial charge in [-0.15, -0.1) is 0 Å². The molecule has 2 N–H and O–H groups in total. The Labute approximate surface area is 216 Å². The quantitative estimate of drug-likeness (QED) is 0.303. The van der Waals surface area contributed by atoms with Crippen LogP contribution in [0, 0.1) is 11.3 Å². The van der Waals surface area contributed by atoms with E-state index in [0.717, 1.165) is 24.3 Å². The number of pyridine rings is 2. The fraction of sp³-hybridized carbons (Fsp3) is 0.333. The molecule has 1 aliphatic heterocycles. The van der Waals surface area contributed by atoms with Crippen LogP contribution in [-0.4, -0.2) is 54.6 Å². The van der Waals surface area contributed by atoms with Gasteiger partial charge in [0.25, 0.3) is 0 Å². The number of esters is 1. The summed E-state index contributed by atoms with van der Waals surface area (Å²) in [5, 5.41) is 12.6. The summed E-state index contributed by atoms with van der Waals surface area (Å²) in [6.07, 6.45) is 1.58. The Kier molecular flexibility index (Phi) is 8.18. The van der Waals surface area contributed by atoms with Gasteiger partial charge in [-0.2, -0.15) is 0 Å². The highest BCUT2D eigenvalue weighted by Gasteiger charge is 2.23. The second-order valence-corrected chi connectivity index (χ2v) is 9.13. The molecule has 0 radical (unpaired) electrons. The third-order valence-electron chi connectivity index (χ3n) is 5.87. The van der Waals surface area contributed by atoms with E-state index in [1.165, 1.54) is 0 Å². The van der Waals surface area contributed by atoms with Gasteiger partial charge in [-0.25, -0.2) is 14.8 Å². The molecule has 36 heavy (non-hydrogen) atoms. The first-order valence-electron chi connectivity index (χ1n) is 12.0. The molecule has 0 bridgehead atoms. The zero-order chi connectivity index (χ0) is 25.7. The molecule has 0 aliphatic carbocycles. The number of anilines is 3. The van der Waals surface area contributed by atoms with Crippen LogP contribution < -0.4 is 10.2 Å². The average Bonchev–Trinajstić information content (AvgIpc) is 2.88. The number of nitrogens with one attached hydrogen (secondary N) is 2. The SMILES string of the molecule is CCOC(=O)c1cc(-c2ccc(N3CCOCC3)cc2)c(C(=N)C(C)C)c(Nc2cc(Cl)ccn2)n1. The molecule has 0 amide bonds. The van der Waals surface area contributed by atoms with Gasteiger partial charge in [0.15, 0.2) is 5.69 Å². The van der Waals surface area contributed by atoms with Gasteiger partial charge in [-0.05, 0) is 54.3 Å². The van der Waals surface area contributed by atoms with Crippen LogP contribution in [0.3, 0.4) is 0 Å². The number of nitrogens with zero attached hydrogens (tertiary/aromatic N) is 3. The van der Waals surface area contributed by atoms with Gasteiger partial charge in [0.1, 0.15) is 11.6 Å². The molecule has 0 atom stereocenters. The van der Waals surface area contributed by atoms with Crippen molar-refractivity contribution >= 4 is 40.6 Å². The van der Waals surface area contributed by atoms with Crippen LogP contribution in [0.1, 0.15) is 36.8 Å². The summed E-state index contributed by atoms with van der Waals surface area (Å²) in [5.74, 6) is 0.191. The molecular weight excluding hydrogens is 478 g/mol. The molecule has 1 saturated heterocycles. The van der Waals surface area contributed by atoms with Gasteiger partial charge >= 0.3 is 5.97 Å². The van der Waals surface area contributed by atoms with E-state index in [4.69, 9.17) is 26.5 Å². The molecule has 0 unspecified atom stereocenters. The van der Waals surface area contributed by atoms with Crippen molar-refractivity contribution in [2.45, 2.75) is 20.8 Å². The first kappa shape index (κ1) is 25.6. The van der Waals surface area contributed by atoms with Crippen LogP contribution >= 0.6 is 11.6 Å². The molecule has 2 aromatic heterocycles. The third kappa shape index (κ3) is 5.83. The average molecular weight is 508 g/mol. The molecule has 1 aromatic carbocycles. The number of aromatic nitrogens is 2. The van der Waals surface area contributed by atoms with Crippen molar-refractivity contribution < 1.29 is 14.3 Å². The number of carbonyl (C=O) groups excluding carboxylic acids is 1. The van der Waals surface area contributed by atoms with E-state index < -0.39 is 5.97 Å². The van der Waals surface area contributed by atoms with Gasteiger partial charge in [-0.3, -0.25) is 0 Å². The summed E-state index contributed by atoms with van der Waals surface area (Å²) in [4.78, 5) is 23.9. The lowest BCUT2D eigenvalue weighted by Crippen LogP contribution is -2.36. The maximum absolute atomic E-state index is 12.7. The zero-order valence-electron chi connectivity index (χ0n) is 20.7. The molecule has 188 valence electrons. The van der Waals surface area contributed by atoms with Crippen molar-refractivity contribution in [3.8, 4) is 11.1 Å². The fourth-order valence-corrected chi connectivity index (χ4v) is 4.16. The normalized spacial score (nSPS) is 13.5. The van der Waals surface area contributed by atoms with Crippen molar-refractivity contribution in [2.75, 3.05) is 43.1 Å². The van der Waals surface area contributed by atoms with Gasteiger partial charge < -0.3 is 25.1 Å². The maximum atomic E-state index is 12.7. The van der Waals surface area contributed by atoms with Gasteiger partial charge in [-0.1, -0.05) is 37.6 Å². The van der Waals surface area contributed by atoms with E-state index >= 15 is 0 Å². The number of rotatable bonds is 8. The number of hydrogen-bond acceptors (Lipinski definition) is 8. The van der Waals surface area contributed by atoms with E-state index in [9.17, 15) is 4.79 Å². The van der Waals surface area contributed by atoms with Gasteiger partial charge in [0.2, 0.25) is 0 Å². The van der Waals surface area contributed by atoms with E-state index in [-0.39, 0.29) is 18.2 Å². The Morgan fingerprint density at radius 2 is 1.92 bits per heavy atom. The number of halogens is 1. The summed E-state index contributed by atoms with van der Waals surface area (Å²) in [6.45, 7) is 8.97. The lowest BCUT2D eigenvalue weighted by molar-refractivity contribution is 0.0519. The number of hydrogen-bond donors (Lipinski definition) is 2. The molecule has 0 saturated carbocycles. The number of morpholine rings is 1. The Balaban J connectivity index is 1.85. The van der Waals surface area contributed by atoms with E-state index in [0.29, 0.717) is 46.7 Å². The molecule has 9 heteroatoms. The van der Waals surface area contributed by atoms with Gasteiger partial charge in [0.05, 0.1) is 19.8 Å². The van der Waals surface area contributed by atoms with Crippen LogP contribution in [0.15, 0.2) is 48.7 Å². The Bertz CT molecular complexity index is 1240. The molecule has 8 nitrogen and oxygen atoms in total. The molecule has 3 aromatic rings. The first-order chi connectivity index (χ1) is 17.4. The summed E-state index contributed by atoms with van der Waals surface area (Å²) in [6, 6.07) is 13.2. The molecule has 3 heterocycles. The predicted molar refractivity (Wildman–Crippen MR) is 143 cm³/mol. The van der Waals surface area contributed by atoms with Crippen molar-refractivity contribution in [1.29, 1.82) is 5.41 Å². The largest absolute Gasteiger partial charge is 0.461 e. The summed E-state index contributed by atoms with van der Waals surface area (Å²) < 4.78 is 10.7. The van der Waals surface area contributed by atoms with Crippen molar-refractivity contribution in [3.63, 3.8) is 0 Å². The highest BCUT2D eigenvalue weighted by Crippen LogP contribution is 2.34. The molecule has 1 aliphatic rings. The second kappa shape index (κ2) is 11.5. The summed E-state index contributed by atoms with van der Waals surface area (Å²) >= 11 is 6.16. The second-order valence-electron chi connectivity index (χ2n) is 8.70. The highest BCUT2D eigenvalue weighted by molar-refractivity contribution is 6.30. The molecule has 0 spiro atoms. The molecule has 4 rings (SSSR count). The first-order valence-corrected chi connectivity index (χ1v) is 12.4. The number of benzene rings is 1. The Hall–Kier alpha value is -3.49. The smallest absolute Gasteiger partial charge is 0.357 e. The van der Waals surface area contributed by atoms with Crippen LogP contribution in [-0.2, 0) is 9.47 Å². The zero-order valence-corrected chi connectivity index (χ0v) is 21.4. The lowest BCUT2D eigenvalue weighted by Gasteiger charge is -2.29. The molecular formula is C27H30ClN5O3. The van der Waals surface area contributed by atoms with E-state index in [2.05, 4.69) is 32.3 Å². The van der Waals surface area contributed by atoms with Crippen molar-refractivity contribution in [2.24, 2.45) is 5.92 Å². The number of ether oxygens (including phenoxy) is 2. The maximum Gasteiger partial charge on any atom is 0.357 e. The van der Waals surface area contributed by atoms with Crippen LogP contribution in [0.2, 0.25) is 5.02 Å². The summed E-state index contributed by atoms with van der Waals surface area (Å²) in [7, 11) is 0. The minimum atomic E-state index is -0.534. The van der Waals surface area contributed by atoms with Crippen molar-refractivity contribution in [3.05, 3.63) is 64.9 Å². The fourth-order valence-electron chi connectivity index (χ4n) is 4.00. The van der Waals surface area contributed by atoms with E-state index in [1.807, 2.05) is 26.0 Å². The predicted octanol–water partition coefficient (Wildman–Crippen LogP) is 5.58. The molecule has 1 fully saturated rings. The lowest BCUT2D eigenvalue weighted by atomic mass is 9.91. The van der Waals surface area contributed by atoms with Crippen LogP contribution in [0.25, 0.3) is 11.1 Å². The van der Waals surface area contributed by atoms with Crippen molar-refractivity contribution in [1.82, 2.24) is 9.97 Å². The third-order valence-corrected chi connectivity index (χ3v) is 6.11.